The van der Waals surface area contributed by atoms with Gasteiger partial charge in [-0.1, -0.05) is 0 Å². The molecule has 7 heteroatoms. The van der Waals surface area contributed by atoms with Crippen molar-refractivity contribution in [1.82, 2.24) is 15.1 Å². The third-order valence-corrected chi connectivity index (χ3v) is 3.56. The van der Waals surface area contributed by atoms with Crippen LogP contribution in [0.1, 0.15) is 32.6 Å². The molecule has 0 radical (unpaired) electrons. The fourth-order valence-electron chi connectivity index (χ4n) is 1.58. The molecule has 1 fully saturated rings. The summed E-state index contributed by atoms with van der Waals surface area (Å²) < 4.78 is 10.8. The molecule has 0 N–H and O–H groups in total. The molecule has 6 nitrogen and oxygen atoms in total. The van der Waals surface area contributed by atoms with Crippen molar-refractivity contribution >= 4 is 25.8 Å². The minimum atomic E-state index is -0.454. The van der Waals surface area contributed by atoms with Crippen LogP contribution >= 0.6 is 0 Å². The predicted octanol–water partition coefficient (Wildman–Crippen LogP) is 0.781. The quantitative estimate of drug-likeness (QED) is 0.754. The average molecular weight is 318 g/mol. The van der Waals surface area contributed by atoms with Gasteiger partial charge in [0, 0.05) is 0 Å². The topological polar surface area (TPSA) is 68.5 Å². The van der Waals surface area contributed by atoms with Gasteiger partial charge in [-0.05, 0) is 0 Å². The first-order valence-electron chi connectivity index (χ1n) is 5.74. The van der Waals surface area contributed by atoms with Crippen molar-refractivity contribution in [3.8, 4) is 0 Å². The molecular formula is C11H17N3O3Se. The number of carbonyl (C=O) groups is 1. The number of ether oxygens (including phenoxy) is 1. The Morgan fingerprint density at radius 1 is 1.44 bits per heavy atom. The molecule has 2 rings (SSSR count). The van der Waals surface area contributed by atoms with Crippen LogP contribution < -0.4 is 4.79 Å². The summed E-state index contributed by atoms with van der Waals surface area (Å²) in [6.45, 7) is 6.75. The molecule has 0 bridgehead atoms. The average Bonchev–Trinajstić information content (AvgIpc) is 2.60. The van der Waals surface area contributed by atoms with E-state index >= 15 is 0 Å². The van der Waals surface area contributed by atoms with Crippen LogP contribution in [-0.4, -0.2) is 54.8 Å². The second kappa shape index (κ2) is 4.90. The van der Waals surface area contributed by atoms with E-state index in [-0.39, 0.29) is 27.0 Å². The van der Waals surface area contributed by atoms with Gasteiger partial charge in [-0.25, -0.2) is 0 Å². The van der Waals surface area contributed by atoms with E-state index in [0.29, 0.717) is 23.8 Å². The van der Waals surface area contributed by atoms with Crippen LogP contribution in [0.5, 0.6) is 0 Å². The van der Waals surface area contributed by atoms with Crippen LogP contribution in [0, 0.1) is 0 Å². The van der Waals surface area contributed by atoms with E-state index < -0.39 is 5.60 Å². The van der Waals surface area contributed by atoms with Gasteiger partial charge in [-0.2, -0.15) is 0 Å². The summed E-state index contributed by atoms with van der Waals surface area (Å²) >= 11 is 0.222. The Hall–Kier alpha value is -1.07. The zero-order chi connectivity index (χ0) is 13.3. The Labute approximate surface area is 112 Å². The van der Waals surface area contributed by atoms with E-state index in [0.717, 1.165) is 0 Å². The molecule has 1 aliphatic heterocycles. The van der Waals surface area contributed by atoms with Crippen LogP contribution in [0.15, 0.2) is 4.42 Å². The van der Waals surface area contributed by atoms with E-state index in [1.807, 2.05) is 26.6 Å². The summed E-state index contributed by atoms with van der Waals surface area (Å²) in [5, 5.41) is 7.94. The fourth-order valence-corrected chi connectivity index (χ4v) is 2.19. The van der Waals surface area contributed by atoms with E-state index in [4.69, 9.17) is 9.15 Å². The second-order valence-electron chi connectivity index (χ2n) is 5.19. The number of aromatic nitrogens is 2. The summed E-state index contributed by atoms with van der Waals surface area (Å²) in [6, 6.07) is 0. The third kappa shape index (κ3) is 3.03. The SMILES string of the molecule is C[Se]c1nnc(C2CN(C(=O)OC(C)(C)C)C2)o1. The fraction of sp³-hybridized carbons (Fsp3) is 0.727. The summed E-state index contributed by atoms with van der Waals surface area (Å²) in [5.74, 6) is 2.81. The van der Waals surface area contributed by atoms with Gasteiger partial charge in [0.2, 0.25) is 0 Å². The van der Waals surface area contributed by atoms with Crippen LogP contribution in [-0.2, 0) is 4.74 Å². The number of nitrogens with zero attached hydrogens (tertiary/aromatic N) is 3. The van der Waals surface area contributed by atoms with Crippen LogP contribution in [0.4, 0.5) is 4.79 Å². The van der Waals surface area contributed by atoms with Crippen LogP contribution in [0.3, 0.4) is 0 Å². The molecule has 100 valence electrons. The number of hydrogen-bond donors (Lipinski definition) is 0. The van der Waals surface area contributed by atoms with Gasteiger partial charge in [-0.15, -0.1) is 0 Å². The van der Waals surface area contributed by atoms with Gasteiger partial charge >= 0.3 is 112 Å². The molecule has 0 aliphatic carbocycles. The van der Waals surface area contributed by atoms with Gasteiger partial charge in [0.25, 0.3) is 0 Å². The molecule has 18 heavy (non-hydrogen) atoms. The molecule has 1 aliphatic rings. The van der Waals surface area contributed by atoms with E-state index in [2.05, 4.69) is 10.2 Å². The zero-order valence-electron chi connectivity index (χ0n) is 11.0. The van der Waals surface area contributed by atoms with Gasteiger partial charge in [0.05, 0.1) is 0 Å². The molecule has 1 saturated heterocycles. The standard InChI is InChI=1S/C11H17N3O3Se/c1-11(2,3)17-10(15)14-5-7(6-14)8-12-13-9(16-8)18-4/h7H,5-6H2,1-4H3. The van der Waals surface area contributed by atoms with Crippen molar-refractivity contribution in [3.63, 3.8) is 0 Å². The van der Waals surface area contributed by atoms with Crippen molar-refractivity contribution < 1.29 is 13.9 Å². The van der Waals surface area contributed by atoms with Crippen molar-refractivity contribution in [3.05, 3.63) is 5.89 Å². The number of likely N-dealkylation sites (tertiary alicyclic amines) is 1. The maximum atomic E-state index is 11.7. The van der Waals surface area contributed by atoms with E-state index in [1.54, 1.807) is 4.90 Å². The van der Waals surface area contributed by atoms with Gasteiger partial charge in [0.15, 0.2) is 0 Å². The molecular weight excluding hydrogens is 301 g/mol. The van der Waals surface area contributed by atoms with Crippen molar-refractivity contribution in [2.45, 2.75) is 38.1 Å². The van der Waals surface area contributed by atoms with E-state index in [9.17, 15) is 4.79 Å². The first kappa shape index (κ1) is 13.4. The van der Waals surface area contributed by atoms with Gasteiger partial charge < -0.3 is 0 Å². The summed E-state index contributed by atoms with van der Waals surface area (Å²) in [5.41, 5.74) is -0.454. The number of amides is 1. The molecule has 0 spiro atoms. The Balaban J connectivity index is 1.85. The molecule has 0 aromatic carbocycles. The number of carbonyl (C=O) groups excluding carboxylic acids is 1. The first-order valence-corrected chi connectivity index (χ1v) is 8.31. The maximum absolute atomic E-state index is 11.7. The van der Waals surface area contributed by atoms with Crippen molar-refractivity contribution in [2.24, 2.45) is 0 Å². The minimum absolute atomic E-state index is 0.154. The molecule has 0 atom stereocenters. The summed E-state index contributed by atoms with van der Waals surface area (Å²) in [6.07, 6.45) is -0.279. The second-order valence-corrected chi connectivity index (χ2v) is 6.78. The van der Waals surface area contributed by atoms with Crippen molar-refractivity contribution in [2.75, 3.05) is 13.1 Å². The molecule has 0 unspecified atom stereocenters. The van der Waals surface area contributed by atoms with Gasteiger partial charge in [0.1, 0.15) is 0 Å². The zero-order valence-corrected chi connectivity index (χ0v) is 12.7. The van der Waals surface area contributed by atoms with E-state index in [1.165, 1.54) is 0 Å². The molecule has 1 aromatic rings. The van der Waals surface area contributed by atoms with Crippen LogP contribution in [0.25, 0.3) is 0 Å². The first-order chi connectivity index (χ1) is 8.39. The number of hydrogen-bond acceptors (Lipinski definition) is 5. The normalized spacial score (nSPS) is 16.6. The summed E-state index contributed by atoms with van der Waals surface area (Å²) in [7, 11) is 0. The Kier molecular flexibility index (Phi) is 3.63. The molecule has 2 heterocycles. The third-order valence-electron chi connectivity index (χ3n) is 2.48. The van der Waals surface area contributed by atoms with Gasteiger partial charge in [-0.3, -0.25) is 0 Å². The number of rotatable bonds is 2. The molecule has 1 amide bonds. The molecule has 1 aromatic heterocycles. The monoisotopic (exact) mass is 319 g/mol. The molecule has 0 saturated carbocycles. The predicted molar refractivity (Wildman–Crippen MR) is 66.1 cm³/mol. The Bertz CT molecular complexity index is 435. The Morgan fingerprint density at radius 2 is 2.11 bits per heavy atom. The van der Waals surface area contributed by atoms with Crippen molar-refractivity contribution in [1.29, 1.82) is 0 Å². The Morgan fingerprint density at radius 3 is 2.61 bits per heavy atom. The summed E-state index contributed by atoms with van der Waals surface area (Å²) in [4.78, 5) is 14.1. The van der Waals surface area contributed by atoms with Crippen LogP contribution in [0.2, 0.25) is 5.82 Å².